The molecular formula is C20H21ClN4O3. The monoisotopic (exact) mass is 400 g/mol. The van der Waals surface area contributed by atoms with Crippen molar-refractivity contribution in [3.63, 3.8) is 0 Å². The van der Waals surface area contributed by atoms with E-state index in [1.54, 1.807) is 28.3 Å². The number of aromatic nitrogens is 1. The normalized spacial score (nSPS) is 17.6. The van der Waals surface area contributed by atoms with Gasteiger partial charge in [-0.2, -0.15) is 0 Å². The number of rotatable bonds is 2. The first-order valence-corrected chi connectivity index (χ1v) is 9.61. The van der Waals surface area contributed by atoms with Crippen molar-refractivity contribution in [3.05, 3.63) is 52.8 Å². The number of fused-ring (bicyclic) bond motifs is 1. The predicted octanol–water partition coefficient (Wildman–Crippen LogP) is 4.13. The van der Waals surface area contributed by atoms with Crippen molar-refractivity contribution in [1.29, 1.82) is 0 Å². The molecule has 0 aliphatic carbocycles. The van der Waals surface area contributed by atoms with Crippen molar-refractivity contribution >= 4 is 35.1 Å². The average molecular weight is 401 g/mol. The number of pyridine rings is 1. The molecule has 8 heteroatoms. The first kappa shape index (κ1) is 18.6. The molecule has 0 saturated carbocycles. The minimum atomic E-state index is -0.915. The fourth-order valence-electron chi connectivity index (χ4n) is 4.06. The largest absolute Gasteiger partial charge is 0.465 e. The number of amides is 3. The third-order valence-corrected chi connectivity index (χ3v) is 5.77. The molecular weight excluding hydrogens is 380 g/mol. The van der Waals surface area contributed by atoms with E-state index in [2.05, 4.69) is 4.98 Å². The van der Waals surface area contributed by atoms with E-state index in [4.69, 9.17) is 11.6 Å². The number of benzene rings is 1. The number of carbonyl (C=O) groups excluding carboxylic acids is 1. The quantitative estimate of drug-likeness (QED) is 0.822. The Hall–Kier alpha value is -2.80. The van der Waals surface area contributed by atoms with Gasteiger partial charge >= 0.3 is 12.1 Å². The fourth-order valence-corrected chi connectivity index (χ4v) is 4.38. The van der Waals surface area contributed by atoms with Crippen LogP contribution in [0.1, 0.15) is 24.0 Å². The maximum Gasteiger partial charge on any atom is 0.407 e. The third-order valence-electron chi connectivity index (χ3n) is 5.46. The molecule has 0 spiro atoms. The zero-order valence-corrected chi connectivity index (χ0v) is 16.3. The molecule has 2 aliphatic heterocycles. The second kappa shape index (κ2) is 7.31. The number of hydrogen-bond acceptors (Lipinski definition) is 3. The second-order valence-electron chi connectivity index (χ2n) is 7.15. The minimum Gasteiger partial charge on any atom is -0.465 e. The Balaban J connectivity index is 1.71. The van der Waals surface area contributed by atoms with Crippen LogP contribution in [0.3, 0.4) is 0 Å². The Bertz CT molecular complexity index is 907. The first-order chi connectivity index (χ1) is 13.5. The highest BCUT2D eigenvalue weighted by atomic mass is 35.5. The highest BCUT2D eigenvalue weighted by Crippen LogP contribution is 2.38. The van der Waals surface area contributed by atoms with E-state index in [-0.39, 0.29) is 12.1 Å². The number of urea groups is 1. The molecule has 1 fully saturated rings. The maximum atomic E-state index is 13.6. The van der Waals surface area contributed by atoms with Gasteiger partial charge in [0.25, 0.3) is 0 Å². The molecule has 7 nitrogen and oxygen atoms in total. The van der Waals surface area contributed by atoms with Crippen LogP contribution < -0.4 is 9.80 Å². The molecule has 28 heavy (non-hydrogen) atoms. The smallest absolute Gasteiger partial charge is 0.407 e. The summed E-state index contributed by atoms with van der Waals surface area (Å²) in [5.74, 6) is 0. The van der Waals surface area contributed by atoms with Crippen LogP contribution >= 0.6 is 11.6 Å². The summed E-state index contributed by atoms with van der Waals surface area (Å²) in [6.07, 6.45) is 3.73. The van der Waals surface area contributed by atoms with E-state index >= 15 is 0 Å². The van der Waals surface area contributed by atoms with Crippen LogP contribution in [0.25, 0.3) is 0 Å². The zero-order valence-electron chi connectivity index (χ0n) is 15.5. The molecule has 1 N–H and O–H groups in total. The zero-order chi connectivity index (χ0) is 19.8. The Kier molecular flexibility index (Phi) is 4.85. The van der Waals surface area contributed by atoms with Gasteiger partial charge in [-0.15, -0.1) is 0 Å². The molecule has 146 valence electrons. The number of hydrogen-bond donors (Lipinski definition) is 1. The van der Waals surface area contributed by atoms with Crippen molar-refractivity contribution in [2.24, 2.45) is 0 Å². The van der Waals surface area contributed by atoms with Crippen LogP contribution in [-0.4, -0.2) is 46.2 Å². The van der Waals surface area contributed by atoms with Crippen molar-refractivity contribution in [2.75, 3.05) is 22.9 Å². The molecule has 1 aromatic heterocycles. The highest BCUT2D eigenvalue weighted by molar-refractivity contribution is 6.34. The number of likely N-dealkylation sites (tertiary alicyclic amines) is 1. The number of anilines is 2. The number of para-hydroxylation sites is 1. The second-order valence-corrected chi connectivity index (χ2v) is 7.56. The summed E-state index contributed by atoms with van der Waals surface area (Å²) in [7, 11) is 0. The van der Waals surface area contributed by atoms with Gasteiger partial charge in [0.05, 0.1) is 22.9 Å². The highest BCUT2D eigenvalue weighted by Gasteiger charge is 2.38. The summed E-state index contributed by atoms with van der Waals surface area (Å²) >= 11 is 6.44. The van der Waals surface area contributed by atoms with E-state index in [0.717, 1.165) is 16.8 Å². The number of nitrogens with zero attached hydrogens (tertiary/aromatic N) is 4. The predicted molar refractivity (Wildman–Crippen MR) is 107 cm³/mol. The lowest BCUT2D eigenvalue weighted by atomic mass is 10.00. The minimum absolute atomic E-state index is 0.0742. The van der Waals surface area contributed by atoms with Crippen LogP contribution in [0.4, 0.5) is 21.0 Å². The Labute approximate surface area is 168 Å². The van der Waals surface area contributed by atoms with Gasteiger partial charge in [0.15, 0.2) is 0 Å². The van der Waals surface area contributed by atoms with Crippen LogP contribution in [0, 0.1) is 6.92 Å². The average Bonchev–Trinajstić information content (AvgIpc) is 2.68. The van der Waals surface area contributed by atoms with Gasteiger partial charge in [-0.25, -0.2) is 9.59 Å². The first-order valence-electron chi connectivity index (χ1n) is 9.24. The van der Waals surface area contributed by atoms with Gasteiger partial charge in [-0.05, 0) is 37.5 Å². The summed E-state index contributed by atoms with van der Waals surface area (Å²) in [6, 6.07) is 7.23. The molecule has 2 aliphatic rings. The van der Waals surface area contributed by atoms with E-state index in [1.165, 1.54) is 4.90 Å². The molecule has 2 aromatic rings. The van der Waals surface area contributed by atoms with E-state index in [1.807, 2.05) is 25.1 Å². The van der Waals surface area contributed by atoms with Crippen LogP contribution in [-0.2, 0) is 6.54 Å². The molecule has 1 aromatic carbocycles. The molecule has 3 amide bonds. The summed E-state index contributed by atoms with van der Waals surface area (Å²) in [4.78, 5) is 33.9. The fraction of sp³-hybridized carbons (Fsp3) is 0.350. The van der Waals surface area contributed by atoms with E-state index in [0.29, 0.717) is 43.2 Å². The van der Waals surface area contributed by atoms with Crippen molar-refractivity contribution < 1.29 is 14.7 Å². The summed E-state index contributed by atoms with van der Waals surface area (Å²) in [5, 5.41) is 9.74. The molecule has 1 saturated heterocycles. The number of aryl methyl sites for hydroxylation is 1. The molecule has 0 atom stereocenters. The summed E-state index contributed by atoms with van der Waals surface area (Å²) in [5.41, 5.74) is 3.42. The van der Waals surface area contributed by atoms with Gasteiger partial charge in [-0.3, -0.25) is 14.8 Å². The van der Waals surface area contributed by atoms with Gasteiger partial charge in [0.2, 0.25) is 0 Å². The lowest BCUT2D eigenvalue weighted by Crippen LogP contribution is -2.55. The molecule has 4 rings (SSSR count). The van der Waals surface area contributed by atoms with Crippen molar-refractivity contribution in [1.82, 2.24) is 9.88 Å². The molecule has 3 heterocycles. The summed E-state index contributed by atoms with van der Waals surface area (Å²) in [6.45, 7) is 3.16. The third kappa shape index (κ3) is 3.16. The van der Waals surface area contributed by atoms with Gasteiger partial charge in [0.1, 0.15) is 0 Å². The standard InChI is InChI=1S/C20H21ClN4O3/c1-13-3-2-4-16(21)18(13)24-12-14-11-22-8-5-17(14)25(19(24)26)15-6-9-23(10-7-15)20(27)28/h2-5,8,11,15H,6-7,9-10,12H2,1H3,(H,27,28). The topological polar surface area (TPSA) is 77.0 Å². The number of piperidine rings is 1. The lowest BCUT2D eigenvalue weighted by Gasteiger charge is -2.44. The molecule has 0 radical (unpaired) electrons. The van der Waals surface area contributed by atoms with Crippen molar-refractivity contribution in [3.8, 4) is 0 Å². The Morgan fingerprint density at radius 2 is 2.00 bits per heavy atom. The van der Waals surface area contributed by atoms with Crippen molar-refractivity contribution in [2.45, 2.75) is 32.4 Å². The molecule has 0 bridgehead atoms. The maximum absolute atomic E-state index is 13.6. The van der Waals surface area contributed by atoms with Gasteiger partial charge < -0.3 is 10.0 Å². The van der Waals surface area contributed by atoms with Crippen LogP contribution in [0.15, 0.2) is 36.7 Å². The van der Waals surface area contributed by atoms with Crippen LogP contribution in [0.5, 0.6) is 0 Å². The number of carbonyl (C=O) groups is 2. The molecule has 0 unspecified atom stereocenters. The van der Waals surface area contributed by atoms with Gasteiger partial charge in [-0.1, -0.05) is 23.7 Å². The van der Waals surface area contributed by atoms with E-state index < -0.39 is 6.09 Å². The Morgan fingerprint density at radius 3 is 2.68 bits per heavy atom. The van der Waals surface area contributed by atoms with Crippen LogP contribution in [0.2, 0.25) is 5.02 Å². The lowest BCUT2D eigenvalue weighted by molar-refractivity contribution is 0.132. The van der Waals surface area contributed by atoms with E-state index in [9.17, 15) is 14.7 Å². The summed E-state index contributed by atoms with van der Waals surface area (Å²) < 4.78 is 0. The Morgan fingerprint density at radius 1 is 1.25 bits per heavy atom. The number of carboxylic acid groups (broad SMARTS) is 1. The van der Waals surface area contributed by atoms with Gasteiger partial charge in [0, 0.05) is 37.1 Å². The number of halogens is 1. The SMILES string of the molecule is Cc1cccc(Cl)c1N1Cc2cnccc2N(C2CCN(C(=O)O)CC2)C1=O.